The van der Waals surface area contributed by atoms with E-state index in [-0.39, 0.29) is 0 Å². The number of nitrogens with zero attached hydrogens (tertiary/aromatic N) is 2. The number of fused-ring (bicyclic) bond motifs is 1. The molecule has 0 bridgehead atoms. The highest BCUT2D eigenvalue weighted by molar-refractivity contribution is 6.30. The fraction of sp³-hybridized carbons (Fsp3) is 0.222. The van der Waals surface area contributed by atoms with Gasteiger partial charge in [-0.05, 0) is 19.1 Å². The van der Waals surface area contributed by atoms with Crippen molar-refractivity contribution in [1.82, 2.24) is 9.38 Å². The molecule has 4 heteroatoms. The van der Waals surface area contributed by atoms with Crippen molar-refractivity contribution < 1.29 is 0 Å². The standard InChI is InChI=1S/C9H10ClN3/c1-6-8-3-2-7(10)5-13(8)9(4-11)12-6/h2-3,5H,4,11H2,1H3. The zero-order chi connectivity index (χ0) is 9.42. The van der Waals surface area contributed by atoms with Crippen molar-refractivity contribution in [2.24, 2.45) is 5.73 Å². The molecule has 2 heterocycles. The van der Waals surface area contributed by atoms with Crippen molar-refractivity contribution in [3.05, 3.63) is 34.9 Å². The van der Waals surface area contributed by atoms with Crippen LogP contribution in [0.4, 0.5) is 0 Å². The van der Waals surface area contributed by atoms with Crippen LogP contribution in [0, 0.1) is 6.92 Å². The molecule has 13 heavy (non-hydrogen) atoms. The van der Waals surface area contributed by atoms with Crippen LogP contribution >= 0.6 is 11.6 Å². The van der Waals surface area contributed by atoms with Gasteiger partial charge in [-0.25, -0.2) is 4.98 Å². The predicted molar refractivity (Wildman–Crippen MR) is 52.8 cm³/mol. The summed E-state index contributed by atoms with van der Waals surface area (Å²) >= 11 is 5.87. The molecule has 0 radical (unpaired) electrons. The highest BCUT2D eigenvalue weighted by Crippen LogP contribution is 2.16. The molecule has 0 atom stereocenters. The Morgan fingerprint density at radius 1 is 1.54 bits per heavy atom. The lowest BCUT2D eigenvalue weighted by Gasteiger charge is -1.98. The number of halogens is 1. The van der Waals surface area contributed by atoms with Crippen molar-refractivity contribution in [2.45, 2.75) is 13.5 Å². The number of nitrogens with two attached hydrogens (primary N) is 1. The minimum absolute atomic E-state index is 0.426. The first-order chi connectivity index (χ1) is 6.22. The number of pyridine rings is 1. The van der Waals surface area contributed by atoms with E-state index in [1.54, 1.807) is 0 Å². The van der Waals surface area contributed by atoms with Crippen LogP contribution in [0.15, 0.2) is 18.3 Å². The van der Waals surface area contributed by atoms with Gasteiger partial charge in [-0.1, -0.05) is 11.6 Å². The first kappa shape index (κ1) is 8.53. The van der Waals surface area contributed by atoms with E-state index in [9.17, 15) is 0 Å². The molecule has 0 saturated carbocycles. The van der Waals surface area contributed by atoms with Crippen molar-refractivity contribution in [3.8, 4) is 0 Å². The molecular formula is C9H10ClN3. The third-order valence-electron chi connectivity index (χ3n) is 2.04. The molecule has 2 aromatic rings. The summed E-state index contributed by atoms with van der Waals surface area (Å²) in [7, 11) is 0. The van der Waals surface area contributed by atoms with Crippen LogP contribution in [0.25, 0.3) is 5.52 Å². The van der Waals surface area contributed by atoms with E-state index in [2.05, 4.69) is 4.98 Å². The van der Waals surface area contributed by atoms with Crippen LogP contribution in [0.3, 0.4) is 0 Å². The zero-order valence-electron chi connectivity index (χ0n) is 7.29. The van der Waals surface area contributed by atoms with Crippen LogP contribution in [0.1, 0.15) is 11.5 Å². The number of aryl methyl sites for hydroxylation is 1. The summed E-state index contributed by atoms with van der Waals surface area (Å²) < 4.78 is 1.93. The minimum Gasteiger partial charge on any atom is -0.324 e. The summed E-state index contributed by atoms with van der Waals surface area (Å²) in [6.07, 6.45) is 1.83. The van der Waals surface area contributed by atoms with E-state index in [0.29, 0.717) is 11.6 Å². The van der Waals surface area contributed by atoms with Gasteiger partial charge < -0.3 is 10.1 Å². The van der Waals surface area contributed by atoms with Gasteiger partial charge in [0.15, 0.2) is 0 Å². The number of hydrogen-bond donors (Lipinski definition) is 1. The molecule has 0 spiro atoms. The van der Waals surface area contributed by atoms with Gasteiger partial charge in [0.25, 0.3) is 0 Å². The minimum atomic E-state index is 0.426. The number of hydrogen-bond acceptors (Lipinski definition) is 2. The summed E-state index contributed by atoms with van der Waals surface area (Å²) in [5.41, 5.74) is 7.60. The lowest BCUT2D eigenvalue weighted by atomic mass is 10.3. The van der Waals surface area contributed by atoms with E-state index >= 15 is 0 Å². The number of aromatic nitrogens is 2. The van der Waals surface area contributed by atoms with E-state index in [0.717, 1.165) is 17.0 Å². The summed E-state index contributed by atoms with van der Waals surface area (Å²) in [5, 5.41) is 0.694. The third kappa shape index (κ3) is 1.30. The Kier molecular flexibility index (Phi) is 1.98. The molecule has 0 aliphatic rings. The summed E-state index contributed by atoms with van der Waals surface area (Å²) in [6, 6.07) is 3.80. The molecule has 0 saturated heterocycles. The monoisotopic (exact) mass is 195 g/mol. The van der Waals surface area contributed by atoms with E-state index in [4.69, 9.17) is 17.3 Å². The van der Waals surface area contributed by atoms with Gasteiger partial charge in [-0.3, -0.25) is 0 Å². The van der Waals surface area contributed by atoms with Crippen LogP contribution in [-0.2, 0) is 6.54 Å². The number of imidazole rings is 1. The average Bonchev–Trinajstić information content (AvgIpc) is 2.42. The van der Waals surface area contributed by atoms with E-state index in [1.807, 2.05) is 29.7 Å². The maximum absolute atomic E-state index is 5.87. The van der Waals surface area contributed by atoms with Crippen LogP contribution in [0.2, 0.25) is 5.02 Å². The number of rotatable bonds is 1. The van der Waals surface area contributed by atoms with E-state index in [1.165, 1.54) is 0 Å². The largest absolute Gasteiger partial charge is 0.324 e. The van der Waals surface area contributed by atoms with Gasteiger partial charge in [0.05, 0.1) is 22.8 Å². The molecular weight excluding hydrogens is 186 g/mol. The third-order valence-corrected chi connectivity index (χ3v) is 2.26. The fourth-order valence-corrected chi connectivity index (χ4v) is 1.59. The zero-order valence-corrected chi connectivity index (χ0v) is 8.04. The molecule has 2 aromatic heterocycles. The molecule has 0 amide bonds. The van der Waals surface area contributed by atoms with Crippen molar-refractivity contribution in [1.29, 1.82) is 0 Å². The maximum atomic E-state index is 5.87. The first-order valence-electron chi connectivity index (χ1n) is 4.05. The van der Waals surface area contributed by atoms with Crippen LogP contribution < -0.4 is 5.73 Å². The molecule has 0 aromatic carbocycles. The van der Waals surface area contributed by atoms with Crippen LogP contribution in [-0.4, -0.2) is 9.38 Å². The Morgan fingerprint density at radius 2 is 2.31 bits per heavy atom. The lowest BCUT2D eigenvalue weighted by molar-refractivity contribution is 0.900. The van der Waals surface area contributed by atoms with Gasteiger partial charge >= 0.3 is 0 Å². The summed E-state index contributed by atoms with van der Waals surface area (Å²) in [4.78, 5) is 4.33. The molecule has 0 aliphatic heterocycles. The Labute approximate surface area is 81.1 Å². The summed E-state index contributed by atoms with van der Waals surface area (Å²) in [6.45, 7) is 2.39. The second-order valence-corrected chi connectivity index (χ2v) is 3.36. The first-order valence-corrected chi connectivity index (χ1v) is 4.43. The SMILES string of the molecule is Cc1nc(CN)n2cc(Cl)ccc12. The average molecular weight is 196 g/mol. The second kappa shape index (κ2) is 3.01. The molecule has 68 valence electrons. The Balaban J connectivity index is 2.81. The Bertz CT molecular complexity index is 447. The normalized spacial score (nSPS) is 11.0. The summed E-state index contributed by atoms with van der Waals surface area (Å²) in [5.74, 6) is 0.843. The molecule has 2 N–H and O–H groups in total. The lowest BCUT2D eigenvalue weighted by Crippen LogP contribution is -2.02. The van der Waals surface area contributed by atoms with Crippen molar-refractivity contribution in [3.63, 3.8) is 0 Å². The predicted octanol–water partition coefficient (Wildman–Crippen LogP) is 1.75. The molecule has 3 nitrogen and oxygen atoms in total. The van der Waals surface area contributed by atoms with Crippen molar-refractivity contribution >= 4 is 17.1 Å². The fourth-order valence-electron chi connectivity index (χ4n) is 1.43. The molecule has 0 fully saturated rings. The van der Waals surface area contributed by atoms with Gasteiger partial charge in [0.1, 0.15) is 5.82 Å². The second-order valence-electron chi connectivity index (χ2n) is 2.92. The Morgan fingerprint density at radius 3 is 3.00 bits per heavy atom. The van der Waals surface area contributed by atoms with Gasteiger partial charge in [-0.2, -0.15) is 0 Å². The van der Waals surface area contributed by atoms with Crippen molar-refractivity contribution in [2.75, 3.05) is 0 Å². The maximum Gasteiger partial charge on any atom is 0.127 e. The quantitative estimate of drug-likeness (QED) is 0.754. The molecule has 0 aliphatic carbocycles. The van der Waals surface area contributed by atoms with Crippen LogP contribution in [0.5, 0.6) is 0 Å². The van der Waals surface area contributed by atoms with Gasteiger partial charge in [0, 0.05) is 6.20 Å². The smallest absolute Gasteiger partial charge is 0.127 e. The highest BCUT2D eigenvalue weighted by atomic mass is 35.5. The molecule has 0 unspecified atom stereocenters. The van der Waals surface area contributed by atoms with Gasteiger partial charge in [-0.15, -0.1) is 0 Å². The Hall–Kier alpha value is -1.06. The van der Waals surface area contributed by atoms with Gasteiger partial charge in [0.2, 0.25) is 0 Å². The molecule has 2 rings (SSSR count). The van der Waals surface area contributed by atoms with E-state index < -0.39 is 0 Å². The topological polar surface area (TPSA) is 43.3 Å². The highest BCUT2D eigenvalue weighted by Gasteiger charge is 2.05.